The first kappa shape index (κ1) is 15.8. The second-order valence-corrected chi connectivity index (χ2v) is 6.65. The molecule has 21 heavy (non-hydrogen) atoms. The van der Waals surface area contributed by atoms with Crippen LogP contribution in [0.3, 0.4) is 0 Å². The Hall–Kier alpha value is -1.60. The largest absolute Gasteiger partial charge is 0.492 e. The van der Waals surface area contributed by atoms with Crippen molar-refractivity contribution in [3.8, 4) is 5.75 Å². The second kappa shape index (κ2) is 6.44. The molecule has 7 heteroatoms. The van der Waals surface area contributed by atoms with E-state index in [9.17, 15) is 12.8 Å². The molecule has 1 N–H and O–H groups in total. The zero-order chi connectivity index (χ0) is 15.5. The van der Waals surface area contributed by atoms with E-state index < -0.39 is 15.8 Å². The minimum Gasteiger partial charge on any atom is -0.492 e. The van der Waals surface area contributed by atoms with E-state index in [0.717, 1.165) is 6.07 Å². The molecule has 0 saturated carbocycles. The fourth-order valence-electron chi connectivity index (χ4n) is 1.68. The predicted octanol–water partition coefficient (Wildman–Crippen LogP) is 3.79. The quantitative estimate of drug-likeness (QED) is 0.867. The van der Waals surface area contributed by atoms with E-state index in [2.05, 4.69) is 20.7 Å². The van der Waals surface area contributed by atoms with Gasteiger partial charge in [0.25, 0.3) is 10.0 Å². The highest BCUT2D eigenvalue weighted by Gasteiger charge is 2.17. The highest BCUT2D eigenvalue weighted by molar-refractivity contribution is 9.10. The Balaban J connectivity index is 2.35. The van der Waals surface area contributed by atoms with E-state index in [1.165, 1.54) is 12.1 Å². The summed E-state index contributed by atoms with van der Waals surface area (Å²) >= 11 is 2.98. The van der Waals surface area contributed by atoms with E-state index in [1.54, 1.807) is 31.2 Å². The summed E-state index contributed by atoms with van der Waals surface area (Å²) < 4.78 is 46.0. The lowest BCUT2D eigenvalue weighted by atomic mass is 10.3. The molecule has 0 unspecified atom stereocenters. The van der Waals surface area contributed by atoms with Gasteiger partial charge in [-0.3, -0.25) is 4.72 Å². The average Bonchev–Trinajstić information content (AvgIpc) is 2.44. The van der Waals surface area contributed by atoms with Crippen LogP contribution < -0.4 is 9.46 Å². The van der Waals surface area contributed by atoms with Crippen LogP contribution in [0.5, 0.6) is 5.75 Å². The molecule has 2 aromatic carbocycles. The van der Waals surface area contributed by atoms with Crippen molar-refractivity contribution in [2.24, 2.45) is 0 Å². The SMILES string of the molecule is CCOc1ccccc1NS(=O)(=O)c1ccc(Br)c(F)c1. The first-order valence-corrected chi connectivity index (χ1v) is 8.41. The van der Waals surface area contributed by atoms with Gasteiger partial charge in [0.05, 0.1) is 21.7 Å². The van der Waals surface area contributed by atoms with Crippen LogP contribution >= 0.6 is 15.9 Å². The van der Waals surface area contributed by atoms with Gasteiger partial charge in [0.1, 0.15) is 11.6 Å². The summed E-state index contributed by atoms with van der Waals surface area (Å²) in [7, 11) is -3.88. The Morgan fingerprint density at radius 1 is 1.24 bits per heavy atom. The van der Waals surface area contributed by atoms with Gasteiger partial charge >= 0.3 is 0 Å². The second-order valence-electron chi connectivity index (χ2n) is 4.11. The molecule has 112 valence electrons. The molecule has 0 atom stereocenters. The molecule has 2 rings (SSSR count). The number of rotatable bonds is 5. The molecular formula is C14H13BrFNO3S. The first-order valence-electron chi connectivity index (χ1n) is 6.13. The predicted molar refractivity (Wildman–Crippen MR) is 82.5 cm³/mol. The number of halogens is 2. The third-order valence-corrected chi connectivity index (χ3v) is 4.64. The van der Waals surface area contributed by atoms with Crippen molar-refractivity contribution in [3.05, 3.63) is 52.8 Å². The molecule has 4 nitrogen and oxygen atoms in total. The Kier molecular flexibility index (Phi) is 4.84. The number of hydrogen-bond acceptors (Lipinski definition) is 3. The highest BCUT2D eigenvalue weighted by Crippen LogP contribution is 2.27. The molecular weight excluding hydrogens is 361 g/mol. The van der Waals surface area contributed by atoms with Crippen molar-refractivity contribution >= 4 is 31.6 Å². The summed E-state index contributed by atoms with van der Waals surface area (Å²) in [5, 5.41) is 0. The van der Waals surface area contributed by atoms with Crippen molar-refractivity contribution in [1.82, 2.24) is 0 Å². The number of para-hydroxylation sites is 2. The Morgan fingerprint density at radius 3 is 2.62 bits per heavy atom. The molecule has 2 aromatic rings. The third kappa shape index (κ3) is 3.74. The molecule has 0 aromatic heterocycles. The summed E-state index contributed by atoms with van der Waals surface area (Å²) in [4.78, 5) is -0.158. The number of sulfonamides is 1. The van der Waals surface area contributed by atoms with Gasteiger partial charge in [-0.25, -0.2) is 12.8 Å². The molecule has 0 radical (unpaired) electrons. The van der Waals surface area contributed by atoms with Crippen LogP contribution in [0.4, 0.5) is 10.1 Å². The van der Waals surface area contributed by atoms with Gasteiger partial charge in [-0.15, -0.1) is 0 Å². The smallest absolute Gasteiger partial charge is 0.262 e. The summed E-state index contributed by atoms with van der Waals surface area (Å²) in [5.74, 6) is -0.225. The van der Waals surface area contributed by atoms with E-state index in [1.807, 2.05) is 0 Å². The van der Waals surface area contributed by atoms with Gasteiger partial charge in [-0.1, -0.05) is 12.1 Å². The van der Waals surface area contributed by atoms with E-state index in [-0.39, 0.29) is 9.37 Å². The van der Waals surface area contributed by atoms with Crippen LogP contribution in [0.25, 0.3) is 0 Å². The van der Waals surface area contributed by atoms with Gasteiger partial charge < -0.3 is 4.74 Å². The van der Waals surface area contributed by atoms with Gasteiger partial charge in [-0.05, 0) is 53.2 Å². The first-order chi connectivity index (χ1) is 9.94. The summed E-state index contributed by atoms with van der Waals surface area (Å²) in [6.07, 6.45) is 0. The third-order valence-electron chi connectivity index (χ3n) is 2.63. The number of anilines is 1. The van der Waals surface area contributed by atoms with Crippen LogP contribution in [0.1, 0.15) is 6.92 Å². The lowest BCUT2D eigenvalue weighted by Crippen LogP contribution is -2.14. The fourth-order valence-corrected chi connectivity index (χ4v) is 3.01. The molecule has 0 amide bonds. The number of nitrogens with one attached hydrogen (secondary N) is 1. The van der Waals surface area contributed by atoms with Crippen molar-refractivity contribution in [2.45, 2.75) is 11.8 Å². The zero-order valence-electron chi connectivity index (χ0n) is 11.1. The van der Waals surface area contributed by atoms with Crippen molar-refractivity contribution < 1.29 is 17.5 Å². The fraction of sp³-hybridized carbons (Fsp3) is 0.143. The lowest BCUT2D eigenvalue weighted by molar-refractivity contribution is 0.342. The van der Waals surface area contributed by atoms with Gasteiger partial charge in [0.15, 0.2) is 0 Å². The summed E-state index contributed by atoms with van der Waals surface area (Å²) in [5.41, 5.74) is 0.308. The van der Waals surface area contributed by atoms with Gasteiger partial charge in [0.2, 0.25) is 0 Å². The van der Waals surface area contributed by atoms with Crippen LogP contribution in [-0.4, -0.2) is 15.0 Å². The lowest BCUT2D eigenvalue weighted by Gasteiger charge is -2.12. The molecule has 0 fully saturated rings. The molecule has 0 aliphatic heterocycles. The minimum atomic E-state index is -3.88. The molecule has 0 aliphatic rings. The molecule has 0 aliphatic carbocycles. The zero-order valence-corrected chi connectivity index (χ0v) is 13.5. The molecule has 0 heterocycles. The molecule has 0 spiro atoms. The van der Waals surface area contributed by atoms with Crippen LogP contribution in [0, 0.1) is 5.82 Å². The van der Waals surface area contributed by atoms with Crippen LogP contribution in [-0.2, 0) is 10.0 Å². The van der Waals surface area contributed by atoms with Gasteiger partial charge in [-0.2, -0.15) is 0 Å². The Morgan fingerprint density at radius 2 is 1.95 bits per heavy atom. The van der Waals surface area contributed by atoms with Crippen LogP contribution in [0.2, 0.25) is 0 Å². The Bertz CT molecular complexity index is 750. The number of ether oxygens (including phenoxy) is 1. The monoisotopic (exact) mass is 373 g/mol. The van der Waals surface area contributed by atoms with Gasteiger partial charge in [0, 0.05) is 0 Å². The summed E-state index contributed by atoms with van der Waals surface area (Å²) in [6.45, 7) is 2.21. The minimum absolute atomic E-state index is 0.158. The standard InChI is InChI=1S/C14H13BrFNO3S/c1-2-20-14-6-4-3-5-13(14)17-21(18,19)10-7-8-11(15)12(16)9-10/h3-9,17H,2H2,1H3. The average molecular weight is 374 g/mol. The van der Waals surface area contributed by atoms with Crippen molar-refractivity contribution in [2.75, 3.05) is 11.3 Å². The number of benzene rings is 2. The normalized spacial score (nSPS) is 11.2. The highest BCUT2D eigenvalue weighted by atomic mass is 79.9. The van der Waals surface area contributed by atoms with Crippen LogP contribution in [0.15, 0.2) is 51.8 Å². The van der Waals surface area contributed by atoms with E-state index in [0.29, 0.717) is 18.0 Å². The van der Waals surface area contributed by atoms with Crippen molar-refractivity contribution in [1.29, 1.82) is 0 Å². The topological polar surface area (TPSA) is 55.4 Å². The molecule has 0 saturated heterocycles. The number of hydrogen-bond donors (Lipinski definition) is 1. The Labute approximate surface area is 131 Å². The molecule has 0 bridgehead atoms. The van der Waals surface area contributed by atoms with E-state index in [4.69, 9.17) is 4.74 Å². The maximum absolute atomic E-state index is 13.5. The maximum atomic E-state index is 13.5. The maximum Gasteiger partial charge on any atom is 0.262 e. The van der Waals surface area contributed by atoms with E-state index >= 15 is 0 Å². The van der Waals surface area contributed by atoms with Crippen molar-refractivity contribution in [3.63, 3.8) is 0 Å². The summed E-state index contributed by atoms with van der Waals surface area (Å²) in [6, 6.07) is 10.3.